The number of amides is 4. The van der Waals surface area contributed by atoms with E-state index in [1.165, 1.54) is 11.8 Å². The molecule has 184 valence electrons. The molecular weight excluding hydrogens is 438 g/mol. The number of primary amides is 1. The Morgan fingerprint density at radius 1 is 0.938 bits per heavy atom. The summed E-state index contributed by atoms with van der Waals surface area (Å²) < 4.78 is 0. The molecule has 32 heavy (non-hydrogen) atoms. The number of rotatable bonds is 15. The Labute approximate surface area is 193 Å². The van der Waals surface area contributed by atoms with Gasteiger partial charge in [0.1, 0.15) is 18.1 Å². The van der Waals surface area contributed by atoms with Gasteiger partial charge in [0, 0.05) is 0 Å². The van der Waals surface area contributed by atoms with Crippen LogP contribution < -0.4 is 27.4 Å². The van der Waals surface area contributed by atoms with Crippen LogP contribution in [0.1, 0.15) is 47.0 Å². The number of carbonyl (C=O) groups excluding carboxylic acids is 4. The Kier molecular flexibility index (Phi) is 13.6. The number of carboxylic acids is 1. The predicted octanol–water partition coefficient (Wildman–Crippen LogP) is -0.817. The van der Waals surface area contributed by atoms with Crippen LogP contribution in [0.3, 0.4) is 0 Å². The average molecular weight is 476 g/mol. The minimum Gasteiger partial charge on any atom is -0.480 e. The van der Waals surface area contributed by atoms with Crippen molar-refractivity contribution in [3.8, 4) is 0 Å². The Bertz CT molecular complexity index is 675. The second-order valence-corrected chi connectivity index (χ2v) is 9.05. The number of nitrogens with one attached hydrogen (secondary N) is 3. The van der Waals surface area contributed by atoms with Gasteiger partial charge in [-0.1, -0.05) is 34.1 Å². The fourth-order valence-electron chi connectivity index (χ4n) is 2.78. The minimum absolute atomic E-state index is 0.329. The summed E-state index contributed by atoms with van der Waals surface area (Å²) in [6, 6.07) is -4.41. The molecule has 0 aliphatic heterocycles. The molecular formula is C20H37N5O6S. The van der Waals surface area contributed by atoms with Gasteiger partial charge in [0.15, 0.2) is 0 Å². The van der Waals surface area contributed by atoms with Crippen molar-refractivity contribution in [1.82, 2.24) is 16.0 Å². The van der Waals surface area contributed by atoms with Crippen LogP contribution in [0.5, 0.6) is 0 Å². The molecule has 0 spiro atoms. The molecule has 8 N–H and O–H groups in total. The fourth-order valence-corrected chi connectivity index (χ4v) is 3.27. The van der Waals surface area contributed by atoms with Crippen molar-refractivity contribution >= 4 is 41.4 Å². The van der Waals surface area contributed by atoms with E-state index in [1.807, 2.05) is 6.26 Å². The van der Waals surface area contributed by atoms with E-state index >= 15 is 0 Å². The third-order valence-electron chi connectivity index (χ3n) is 5.03. The molecule has 0 fully saturated rings. The zero-order valence-electron chi connectivity index (χ0n) is 19.3. The molecule has 0 aromatic rings. The summed E-state index contributed by atoms with van der Waals surface area (Å²) in [5, 5.41) is 16.8. The van der Waals surface area contributed by atoms with E-state index in [0.29, 0.717) is 18.6 Å². The van der Waals surface area contributed by atoms with E-state index in [9.17, 15) is 29.1 Å². The molecule has 0 aromatic carbocycles. The lowest BCUT2D eigenvalue weighted by atomic mass is 9.97. The number of carbonyl (C=O) groups is 5. The highest BCUT2D eigenvalue weighted by atomic mass is 32.2. The summed E-state index contributed by atoms with van der Waals surface area (Å²) in [7, 11) is 0. The van der Waals surface area contributed by atoms with Crippen LogP contribution in [0.15, 0.2) is 0 Å². The van der Waals surface area contributed by atoms with Gasteiger partial charge in [0.25, 0.3) is 0 Å². The quantitative estimate of drug-likeness (QED) is 0.177. The Balaban J connectivity index is 5.44. The van der Waals surface area contributed by atoms with E-state index in [2.05, 4.69) is 16.0 Å². The second-order valence-electron chi connectivity index (χ2n) is 8.06. The largest absolute Gasteiger partial charge is 0.480 e. The van der Waals surface area contributed by atoms with E-state index < -0.39 is 66.1 Å². The summed E-state index contributed by atoms with van der Waals surface area (Å²) in [4.78, 5) is 60.8. The monoisotopic (exact) mass is 475 g/mol. The van der Waals surface area contributed by atoms with Crippen LogP contribution in [0.25, 0.3) is 0 Å². The van der Waals surface area contributed by atoms with Crippen molar-refractivity contribution in [3.05, 3.63) is 0 Å². The van der Waals surface area contributed by atoms with E-state index in [4.69, 9.17) is 11.5 Å². The van der Waals surface area contributed by atoms with Crippen LogP contribution in [-0.4, -0.2) is 70.9 Å². The van der Waals surface area contributed by atoms with Crippen LogP contribution in [0.4, 0.5) is 0 Å². The van der Waals surface area contributed by atoms with Gasteiger partial charge in [-0.2, -0.15) is 11.8 Å². The van der Waals surface area contributed by atoms with Crippen molar-refractivity contribution in [1.29, 1.82) is 0 Å². The zero-order valence-corrected chi connectivity index (χ0v) is 20.2. The molecule has 0 aliphatic carbocycles. The minimum atomic E-state index is -1.32. The molecule has 0 saturated heterocycles. The highest BCUT2D eigenvalue weighted by Gasteiger charge is 2.33. The van der Waals surface area contributed by atoms with E-state index in [1.54, 1.807) is 27.7 Å². The number of thioether (sulfide) groups is 1. The molecule has 5 atom stereocenters. The zero-order chi connectivity index (χ0) is 25.0. The third-order valence-corrected chi connectivity index (χ3v) is 5.68. The summed E-state index contributed by atoms with van der Waals surface area (Å²) in [5.41, 5.74) is 11.0. The molecule has 0 saturated carbocycles. The average Bonchev–Trinajstić information content (AvgIpc) is 2.71. The Morgan fingerprint density at radius 2 is 1.50 bits per heavy atom. The van der Waals surface area contributed by atoms with Crippen LogP contribution in [0.2, 0.25) is 0 Å². The van der Waals surface area contributed by atoms with Crippen molar-refractivity contribution < 1.29 is 29.1 Å². The molecule has 4 amide bonds. The van der Waals surface area contributed by atoms with Crippen molar-refractivity contribution in [2.75, 3.05) is 12.0 Å². The van der Waals surface area contributed by atoms with Gasteiger partial charge in [-0.15, -0.1) is 0 Å². The van der Waals surface area contributed by atoms with Crippen molar-refractivity contribution in [3.63, 3.8) is 0 Å². The third kappa shape index (κ3) is 10.3. The lowest BCUT2D eigenvalue weighted by Gasteiger charge is -2.28. The highest BCUT2D eigenvalue weighted by Crippen LogP contribution is 2.10. The van der Waals surface area contributed by atoms with Crippen molar-refractivity contribution in [2.24, 2.45) is 23.3 Å². The molecule has 12 heteroatoms. The fraction of sp³-hybridized carbons (Fsp3) is 0.750. The molecule has 0 aliphatic rings. The molecule has 0 bridgehead atoms. The van der Waals surface area contributed by atoms with Gasteiger partial charge in [-0.25, -0.2) is 4.79 Å². The summed E-state index contributed by atoms with van der Waals surface area (Å²) in [6.45, 7) is 6.84. The van der Waals surface area contributed by atoms with Gasteiger partial charge in [0.05, 0.1) is 12.5 Å². The van der Waals surface area contributed by atoms with E-state index in [-0.39, 0.29) is 5.92 Å². The molecule has 0 radical (unpaired) electrons. The first-order valence-corrected chi connectivity index (χ1v) is 11.9. The number of carboxylic acid groups (broad SMARTS) is 1. The van der Waals surface area contributed by atoms with Crippen molar-refractivity contribution in [2.45, 2.75) is 71.1 Å². The van der Waals surface area contributed by atoms with Crippen LogP contribution >= 0.6 is 11.8 Å². The maximum atomic E-state index is 12.8. The van der Waals surface area contributed by atoms with Gasteiger partial charge >= 0.3 is 5.97 Å². The molecule has 5 unspecified atom stereocenters. The summed E-state index contributed by atoms with van der Waals surface area (Å²) in [6.07, 6.45) is 2.28. The first kappa shape index (κ1) is 29.7. The summed E-state index contributed by atoms with van der Waals surface area (Å²) in [5.74, 6) is -4.19. The molecule has 0 aromatic heterocycles. The topological polar surface area (TPSA) is 194 Å². The van der Waals surface area contributed by atoms with Gasteiger partial charge in [-0.05, 0) is 30.3 Å². The maximum absolute atomic E-state index is 12.8. The summed E-state index contributed by atoms with van der Waals surface area (Å²) >= 11 is 1.51. The highest BCUT2D eigenvalue weighted by molar-refractivity contribution is 7.98. The van der Waals surface area contributed by atoms with Crippen LogP contribution in [0, 0.1) is 11.8 Å². The number of hydrogen-bond acceptors (Lipinski definition) is 7. The standard InChI is InChI=1S/C20H37N5O6S/c1-6-11(4)16(20(30)31)25-19(29)15(10(2)3)24-18(28)13(9-14(22)26)23-17(27)12(21)7-8-32-5/h10-13,15-16H,6-9,21H2,1-5H3,(H2,22,26)(H,23,27)(H,24,28)(H,25,29)(H,30,31). The first-order chi connectivity index (χ1) is 14.8. The van der Waals surface area contributed by atoms with Gasteiger partial charge < -0.3 is 32.5 Å². The van der Waals surface area contributed by atoms with Crippen LogP contribution in [-0.2, 0) is 24.0 Å². The van der Waals surface area contributed by atoms with Gasteiger partial charge in [0.2, 0.25) is 23.6 Å². The Morgan fingerprint density at radius 3 is 1.94 bits per heavy atom. The second kappa shape index (κ2) is 14.7. The van der Waals surface area contributed by atoms with E-state index in [0.717, 1.165) is 0 Å². The molecule has 0 heterocycles. The molecule has 11 nitrogen and oxygen atoms in total. The number of nitrogens with two attached hydrogens (primary N) is 2. The first-order valence-electron chi connectivity index (χ1n) is 10.5. The number of aliphatic carboxylic acids is 1. The van der Waals surface area contributed by atoms with Gasteiger partial charge in [-0.3, -0.25) is 19.2 Å². The molecule has 0 rings (SSSR count). The normalized spacial score (nSPS) is 15.7. The smallest absolute Gasteiger partial charge is 0.326 e. The Hall–Kier alpha value is -2.34. The number of hydrogen-bond donors (Lipinski definition) is 6. The SMILES string of the molecule is CCC(C)C(NC(=O)C(NC(=O)C(CC(N)=O)NC(=O)C(N)CCSC)C(C)C)C(=O)O. The predicted molar refractivity (Wildman–Crippen MR) is 123 cm³/mol. The lowest BCUT2D eigenvalue weighted by Crippen LogP contribution is -2.59. The maximum Gasteiger partial charge on any atom is 0.326 e. The lowest BCUT2D eigenvalue weighted by molar-refractivity contribution is -0.144.